The second kappa shape index (κ2) is 7.10. The number of nitrogens with one attached hydrogen (secondary N) is 1. The van der Waals surface area contributed by atoms with Crippen LogP contribution in [0.3, 0.4) is 0 Å². The molecular formula is C15H16N6OS. The van der Waals surface area contributed by atoms with E-state index in [1.54, 1.807) is 35.7 Å². The topological polar surface area (TPSA) is 85.6 Å². The average molecular weight is 328 g/mol. The lowest BCUT2D eigenvalue weighted by Crippen LogP contribution is -2.32. The summed E-state index contributed by atoms with van der Waals surface area (Å²) >= 11 is 1.48. The zero-order valence-electron chi connectivity index (χ0n) is 12.6. The van der Waals surface area contributed by atoms with E-state index in [1.165, 1.54) is 11.3 Å². The highest BCUT2D eigenvalue weighted by atomic mass is 32.1. The fourth-order valence-electron chi connectivity index (χ4n) is 2.17. The van der Waals surface area contributed by atoms with Gasteiger partial charge in [0.05, 0.1) is 18.4 Å². The minimum absolute atomic E-state index is 0.0646. The third kappa shape index (κ3) is 3.59. The van der Waals surface area contributed by atoms with E-state index < -0.39 is 0 Å². The molecule has 3 heterocycles. The number of amides is 1. The van der Waals surface area contributed by atoms with Gasteiger partial charge in [-0.15, -0.1) is 11.3 Å². The lowest BCUT2D eigenvalue weighted by atomic mass is 10.2. The van der Waals surface area contributed by atoms with Crippen LogP contribution in [-0.4, -0.2) is 30.6 Å². The van der Waals surface area contributed by atoms with E-state index in [4.69, 9.17) is 0 Å². The molecule has 0 bridgehead atoms. The molecular weight excluding hydrogens is 312 g/mol. The first-order chi connectivity index (χ1) is 11.3. The molecule has 0 unspecified atom stereocenters. The third-order valence-corrected chi connectivity index (χ3v) is 4.22. The van der Waals surface area contributed by atoms with Gasteiger partial charge < -0.3 is 5.32 Å². The van der Waals surface area contributed by atoms with Gasteiger partial charge in [-0.25, -0.2) is 4.98 Å². The predicted molar refractivity (Wildman–Crippen MR) is 86.5 cm³/mol. The highest BCUT2D eigenvalue weighted by molar-refractivity contribution is 7.13. The number of hydrogen-bond donors (Lipinski definition) is 1. The first kappa shape index (κ1) is 15.3. The quantitative estimate of drug-likeness (QED) is 0.748. The Morgan fingerprint density at radius 3 is 3.00 bits per heavy atom. The van der Waals surface area contributed by atoms with Crippen LogP contribution in [0.5, 0.6) is 0 Å². The van der Waals surface area contributed by atoms with Crippen LogP contribution in [0.15, 0.2) is 42.4 Å². The largest absolute Gasteiger partial charge is 0.349 e. The van der Waals surface area contributed by atoms with E-state index in [-0.39, 0.29) is 11.9 Å². The van der Waals surface area contributed by atoms with E-state index in [0.29, 0.717) is 13.0 Å². The van der Waals surface area contributed by atoms with Gasteiger partial charge in [-0.3, -0.25) is 19.4 Å². The molecule has 8 heteroatoms. The van der Waals surface area contributed by atoms with Crippen LogP contribution in [0.25, 0.3) is 10.7 Å². The molecule has 0 aromatic carbocycles. The molecule has 1 N–H and O–H groups in total. The highest BCUT2D eigenvalue weighted by Crippen LogP contribution is 2.20. The summed E-state index contributed by atoms with van der Waals surface area (Å²) in [6.45, 7) is 2.34. The van der Waals surface area contributed by atoms with Gasteiger partial charge in [0, 0.05) is 30.2 Å². The van der Waals surface area contributed by atoms with Crippen molar-refractivity contribution in [2.75, 3.05) is 0 Å². The van der Waals surface area contributed by atoms with Gasteiger partial charge in [0.25, 0.3) is 0 Å². The van der Waals surface area contributed by atoms with Gasteiger partial charge in [0.15, 0.2) is 0 Å². The SMILES string of the molecule is CC[C@H](C(=O)NCc1csc(-c2cnccn2)n1)n1cccn1. The number of thiazole rings is 1. The lowest BCUT2D eigenvalue weighted by Gasteiger charge is -2.14. The van der Waals surface area contributed by atoms with Crippen molar-refractivity contribution in [2.45, 2.75) is 25.9 Å². The normalized spacial score (nSPS) is 12.0. The summed E-state index contributed by atoms with van der Waals surface area (Å²) in [5, 5.41) is 9.75. The monoisotopic (exact) mass is 328 g/mol. The summed E-state index contributed by atoms with van der Waals surface area (Å²) in [5.41, 5.74) is 1.54. The standard InChI is InChI=1S/C15H16N6OS/c1-2-13(21-7-3-4-19-21)14(22)18-8-11-10-23-15(20-11)12-9-16-5-6-17-12/h3-7,9-10,13H,2,8H2,1H3,(H,18,22)/t13-/m1/s1. The minimum Gasteiger partial charge on any atom is -0.349 e. The highest BCUT2D eigenvalue weighted by Gasteiger charge is 2.18. The molecule has 0 fully saturated rings. The van der Waals surface area contributed by atoms with Crippen LogP contribution in [0.2, 0.25) is 0 Å². The number of carbonyl (C=O) groups is 1. The van der Waals surface area contributed by atoms with Gasteiger partial charge >= 0.3 is 0 Å². The summed E-state index contributed by atoms with van der Waals surface area (Å²) < 4.78 is 1.67. The Hall–Kier alpha value is -2.61. The molecule has 3 aromatic heterocycles. The molecule has 1 atom stereocenters. The van der Waals surface area contributed by atoms with Crippen molar-refractivity contribution in [3.63, 3.8) is 0 Å². The van der Waals surface area contributed by atoms with Crippen LogP contribution in [-0.2, 0) is 11.3 Å². The molecule has 0 saturated carbocycles. The molecule has 0 saturated heterocycles. The third-order valence-electron chi connectivity index (χ3n) is 3.31. The molecule has 0 radical (unpaired) electrons. The molecule has 1 amide bonds. The summed E-state index contributed by atoms with van der Waals surface area (Å²) in [4.78, 5) is 25.0. The first-order valence-electron chi connectivity index (χ1n) is 7.25. The maximum absolute atomic E-state index is 12.3. The van der Waals surface area contributed by atoms with Gasteiger partial charge in [0.1, 0.15) is 16.7 Å². The molecule has 3 aromatic rings. The molecule has 0 spiro atoms. The van der Waals surface area contributed by atoms with E-state index >= 15 is 0 Å². The Labute approximate surface area is 137 Å². The maximum Gasteiger partial charge on any atom is 0.245 e. The average Bonchev–Trinajstić information content (AvgIpc) is 3.26. The Bertz CT molecular complexity index is 755. The Balaban J connectivity index is 1.62. The molecule has 0 aliphatic rings. The second-order valence-corrected chi connectivity index (χ2v) is 5.72. The van der Waals surface area contributed by atoms with E-state index in [1.807, 2.05) is 18.4 Å². The molecule has 7 nitrogen and oxygen atoms in total. The van der Waals surface area contributed by atoms with Crippen LogP contribution in [0, 0.1) is 0 Å². The van der Waals surface area contributed by atoms with Gasteiger partial charge in [0.2, 0.25) is 5.91 Å². The van der Waals surface area contributed by atoms with Crippen LogP contribution in [0.1, 0.15) is 25.1 Å². The fourth-order valence-corrected chi connectivity index (χ4v) is 2.95. The number of hydrogen-bond acceptors (Lipinski definition) is 6. The van der Waals surface area contributed by atoms with Crippen molar-refractivity contribution >= 4 is 17.2 Å². The minimum atomic E-state index is -0.303. The van der Waals surface area contributed by atoms with Crippen LogP contribution >= 0.6 is 11.3 Å². The Morgan fingerprint density at radius 1 is 1.39 bits per heavy atom. The molecule has 23 heavy (non-hydrogen) atoms. The smallest absolute Gasteiger partial charge is 0.245 e. The van der Waals surface area contributed by atoms with E-state index in [2.05, 4.69) is 25.4 Å². The lowest BCUT2D eigenvalue weighted by molar-refractivity contribution is -0.124. The molecule has 0 aliphatic carbocycles. The fraction of sp³-hybridized carbons (Fsp3) is 0.267. The van der Waals surface area contributed by atoms with Gasteiger partial charge in [-0.2, -0.15) is 5.10 Å². The first-order valence-corrected chi connectivity index (χ1v) is 8.13. The van der Waals surface area contributed by atoms with Crippen molar-refractivity contribution in [1.82, 2.24) is 30.0 Å². The maximum atomic E-state index is 12.3. The summed E-state index contributed by atoms with van der Waals surface area (Å²) in [6.07, 6.45) is 9.07. The molecule has 118 valence electrons. The van der Waals surface area contributed by atoms with Gasteiger partial charge in [-0.1, -0.05) is 6.92 Å². The number of carbonyl (C=O) groups excluding carboxylic acids is 1. The molecule has 0 aliphatic heterocycles. The number of rotatable bonds is 6. The van der Waals surface area contributed by atoms with Crippen molar-refractivity contribution in [3.8, 4) is 10.7 Å². The predicted octanol–water partition coefficient (Wildman–Crippen LogP) is 2.06. The van der Waals surface area contributed by atoms with Crippen molar-refractivity contribution in [3.05, 3.63) is 48.1 Å². The van der Waals surface area contributed by atoms with Crippen molar-refractivity contribution in [1.29, 1.82) is 0 Å². The summed E-state index contributed by atoms with van der Waals surface area (Å²) in [6, 6.07) is 1.51. The molecule has 3 rings (SSSR count). The van der Waals surface area contributed by atoms with Crippen LogP contribution in [0.4, 0.5) is 0 Å². The Kier molecular flexibility index (Phi) is 4.72. The number of nitrogens with zero attached hydrogens (tertiary/aromatic N) is 5. The Morgan fingerprint density at radius 2 is 2.30 bits per heavy atom. The number of aromatic nitrogens is 5. The summed E-state index contributed by atoms with van der Waals surface area (Å²) in [7, 11) is 0. The van der Waals surface area contributed by atoms with Crippen LogP contribution < -0.4 is 5.32 Å². The van der Waals surface area contributed by atoms with Crippen molar-refractivity contribution < 1.29 is 4.79 Å². The second-order valence-electron chi connectivity index (χ2n) is 4.86. The van der Waals surface area contributed by atoms with E-state index in [9.17, 15) is 4.79 Å². The summed E-state index contributed by atoms with van der Waals surface area (Å²) in [5.74, 6) is -0.0646. The van der Waals surface area contributed by atoms with E-state index in [0.717, 1.165) is 16.4 Å². The van der Waals surface area contributed by atoms with Gasteiger partial charge in [-0.05, 0) is 12.5 Å². The zero-order valence-corrected chi connectivity index (χ0v) is 13.4. The van der Waals surface area contributed by atoms with Crippen molar-refractivity contribution in [2.24, 2.45) is 0 Å². The zero-order chi connectivity index (χ0) is 16.1.